The minimum Gasteiger partial charge on any atom is -0.456 e. The van der Waals surface area contributed by atoms with Gasteiger partial charge in [-0.3, -0.25) is 0 Å². The molecular formula is C66H39NO. The van der Waals surface area contributed by atoms with Crippen LogP contribution in [-0.2, 0) is 0 Å². The molecule has 0 aliphatic rings. The maximum absolute atomic E-state index is 6.40. The summed E-state index contributed by atoms with van der Waals surface area (Å²) in [6.45, 7) is 0. The van der Waals surface area contributed by atoms with Crippen molar-refractivity contribution in [1.82, 2.24) is 4.57 Å². The van der Waals surface area contributed by atoms with Gasteiger partial charge in [-0.05, 0) is 153 Å². The predicted molar refractivity (Wildman–Crippen MR) is 289 cm³/mol. The molecule has 0 bridgehead atoms. The Hall–Kier alpha value is -8.98. The number of rotatable bonds is 5. The lowest BCUT2D eigenvalue weighted by molar-refractivity contribution is 0.669. The van der Waals surface area contributed by atoms with E-state index in [1.54, 1.807) is 0 Å². The predicted octanol–water partition coefficient (Wildman–Crippen LogP) is 18.6. The highest BCUT2D eigenvalue weighted by molar-refractivity contribution is 6.31. The average Bonchev–Trinajstić information content (AvgIpc) is 3.95. The summed E-state index contributed by atoms with van der Waals surface area (Å²) in [6, 6.07) is 87.4. The highest BCUT2D eigenvalue weighted by Gasteiger charge is 2.25. The third-order valence-corrected chi connectivity index (χ3v) is 14.7. The van der Waals surface area contributed by atoms with Gasteiger partial charge < -0.3 is 8.98 Å². The minimum atomic E-state index is 0.890. The molecule has 314 valence electrons. The average molecular weight is 862 g/mol. The molecule has 0 atom stereocenters. The van der Waals surface area contributed by atoms with E-state index >= 15 is 0 Å². The summed E-state index contributed by atoms with van der Waals surface area (Å²) < 4.78 is 8.80. The van der Waals surface area contributed by atoms with Gasteiger partial charge >= 0.3 is 0 Å². The first-order valence-electron chi connectivity index (χ1n) is 23.5. The molecule has 0 aliphatic carbocycles. The van der Waals surface area contributed by atoms with E-state index in [1.165, 1.54) is 115 Å². The zero-order chi connectivity index (χ0) is 44.5. The second-order valence-corrected chi connectivity index (χ2v) is 18.3. The quantitative estimate of drug-likeness (QED) is 0.125. The van der Waals surface area contributed by atoms with Crippen LogP contribution in [0.1, 0.15) is 0 Å². The van der Waals surface area contributed by atoms with Gasteiger partial charge in [0, 0.05) is 27.2 Å². The Morgan fingerprint density at radius 1 is 0.265 bits per heavy atom. The number of para-hydroxylation sites is 3. The molecule has 15 rings (SSSR count). The van der Waals surface area contributed by atoms with Gasteiger partial charge in [-0.1, -0.05) is 182 Å². The van der Waals surface area contributed by atoms with Gasteiger partial charge in [0.25, 0.3) is 0 Å². The van der Waals surface area contributed by atoms with E-state index in [0.717, 1.165) is 33.2 Å². The fourth-order valence-electron chi connectivity index (χ4n) is 11.8. The van der Waals surface area contributed by atoms with Crippen LogP contribution in [0.25, 0.3) is 148 Å². The molecule has 2 aromatic heterocycles. The maximum Gasteiger partial charge on any atom is 0.135 e. The number of furan rings is 1. The highest BCUT2D eigenvalue weighted by Crippen LogP contribution is 2.52. The topological polar surface area (TPSA) is 18.1 Å². The Bertz CT molecular complexity index is 4490. The molecule has 0 aliphatic heterocycles. The summed E-state index contributed by atoms with van der Waals surface area (Å²) in [4.78, 5) is 0. The molecule has 0 N–H and O–H groups in total. The van der Waals surface area contributed by atoms with Gasteiger partial charge in [0.2, 0.25) is 0 Å². The van der Waals surface area contributed by atoms with Crippen molar-refractivity contribution < 1.29 is 4.42 Å². The molecule has 2 nitrogen and oxygen atoms in total. The fraction of sp³-hybridized carbons (Fsp3) is 0. The Labute approximate surface area is 391 Å². The Morgan fingerprint density at radius 2 is 0.794 bits per heavy atom. The van der Waals surface area contributed by atoms with Crippen LogP contribution in [-0.4, -0.2) is 4.57 Å². The standard InChI is InChI=1S/C66H39NO/c1-2-18-45(19-3-1)67-58-29-10-8-20-48(58)55-37-42(33-35-59(55)67)46-26-14-27-47(43-34-36-61-56(38-43)49-21-9-11-30-60(49)68-61)65(46)66-52-24-6-4-22-50(52)64(51-23-5-7-25-53(51)66)57-39-44-17-12-15-40-31-32-41-16-13-28-54(57)63(41)62(40)44/h1-39H. The molecule has 68 heavy (non-hydrogen) atoms. The molecule has 0 spiro atoms. The summed E-state index contributed by atoms with van der Waals surface area (Å²) in [7, 11) is 0. The zero-order valence-corrected chi connectivity index (χ0v) is 36.9. The van der Waals surface area contributed by atoms with Crippen LogP contribution in [0.3, 0.4) is 0 Å². The number of aromatic nitrogens is 1. The van der Waals surface area contributed by atoms with Crippen molar-refractivity contribution in [3.63, 3.8) is 0 Å². The molecule has 0 unspecified atom stereocenters. The van der Waals surface area contributed by atoms with Crippen molar-refractivity contribution in [3.8, 4) is 50.2 Å². The zero-order valence-electron chi connectivity index (χ0n) is 36.9. The number of fused-ring (bicyclic) bond motifs is 8. The van der Waals surface area contributed by atoms with Gasteiger partial charge in [-0.15, -0.1) is 0 Å². The van der Waals surface area contributed by atoms with Gasteiger partial charge in [0.1, 0.15) is 11.2 Å². The van der Waals surface area contributed by atoms with Crippen LogP contribution in [0.2, 0.25) is 0 Å². The first kappa shape index (κ1) is 37.3. The van der Waals surface area contributed by atoms with Crippen LogP contribution >= 0.6 is 0 Å². The molecule has 0 saturated carbocycles. The largest absolute Gasteiger partial charge is 0.456 e. The first-order chi connectivity index (χ1) is 33.7. The van der Waals surface area contributed by atoms with E-state index in [4.69, 9.17) is 4.42 Å². The van der Waals surface area contributed by atoms with Gasteiger partial charge in [-0.2, -0.15) is 0 Å². The fourth-order valence-corrected chi connectivity index (χ4v) is 11.8. The van der Waals surface area contributed by atoms with Crippen molar-refractivity contribution in [2.75, 3.05) is 0 Å². The third-order valence-electron chi connectivity index (χ3n) is 14.7. The SMILES string of the molecule is c1ccc(-n2c3ccccc3c3cc(-c4cccc(-c5ccc6oc7ccccc7c6c5)c4-c4c5ccccc5c(-c5cc6cccc7ccc8cccc5c8c76)c5ccccc45)ccc32)cc1. The first-order valence-corrected chi connectivity index (χ1v) is 23.5. The smallest absolute Gasteiger partial charge is 0.135 e. The highest BCUT2D eigenvalue weighted by atomic mass is 16.3. The summed E-state index contributed by atoms with van der Waals surface area (Å²) >= 11 is 0. The van der Waals surface area contributed by atoms with Crippen LogP contribution < -0.4 is 0 Å². The lowest BCUT2D eigenvalue weighted by Gasteiger charge is -2.23. The Morgan fingerprint density at radius 3 is 1.54 bits per heavy atom. The van der Waals surface area contributed by atoms with E-state index in [2.05, 4.69) is 235 Å². The Balaban J connectivity index is 1.07. The van der Waals surface area contributed by atoms with Gasteiger partial charge in [0.05, 0.1) is 11.0 Å². The molecule has 0 saturated heterocycles. The molecule has 2 heterocycles. The minimum absolute atomic E-state index is 0.890. The lowest BCUT2D eigenvalue weighted by Crippen LogP contribution is -1.96. The van der Waals surface area contributed by atoms with E-state index < -0.39 is 0 Å². The van der Waals surface area contributed by atoms with Crippen molar-refractivity contribution in [3.05, 3.63) is 237 Å². The normalized spacial score (nSPS) is 12.1. The number of benzene rings is 13. The monoisotopic (exact) mass is 861 g/mol. The Kier molecular flexibility index (Phi) is 7.81. The molecular weight excluding hydrogens is 823 g/mol. The number of hydrogen-bond acceptors (Lipinski definition) is 1. The van der Waals surface area contributed by atoms with Gasteiger partial charge in [-0.25, -0.2) is 0 Å². The molecule has 15 aromatic rings. The van der Waals surface area contributed by atoms with Gasteiger partial charge in [0.15, 0.2) is 0 Å². The summed E-state index contributed by atoms with van der Waals surface area (Å²) in [5, 5.41) is 17.3. The molecule has 0 radical (unpaired) electrons. The van der Waals surface area contributed by atoms with Crippen LogP contribution in [0.4, 0.5) is 0 Å². The maximum atomic E-state index is 6.40. The van der Waals surface area contributed by atoms with Crippen molar-refractivity contribution in [2.24, 2.45) is 0 Å². The number of nitrogens with zero attached hydrogens (tertiary/aromatic N) is 1. The summed E-state index contributed by atoms with van der Waals surface area (Å²) in [5.74, 6) is 0. The van der Waals surface area contributed by atoms with E-state index in [0.29, 0.717) is 0 Å². The van der Waals surface area contributed by atoms with E-state index in [9.17, 15) is 0 Å². The lowest BCUT2D eigenvalue weighted by atomic mass is 9.79. The summed E-state index contributed by atoms with van der Waals surface area (Å²) in [6.07, 6.45) is 0. The molecule has 13 aromatic carbocycles. The third kappa shape index (κ3) is 5.28. The van der Waals surface area contributed by atoms with Crippen LogP contribution in [0.15, 0.2) is 241 Å². The van der Waals surface area contributed by atoms with Crippen molar-refractivity contribution in [1.29, 1.82) is 0 Å². The van der Waals surface area contributed by atoms with E-state index in [1.807, 2.05) is 6.07 Å². The molecule has 2 heteroatoms. The second-order valence-electron chi connectivity index (χ2n) is 18.3. The van der Waals surface area contributed by atoms with Crippen LogP contribution in [0, 0.1) is 0 Å². The number of hydrogen-bond donors (Lipinski definition) is 0. The van der Waals surface area contributed by atoms with E-state index in [-0.39, 0.29) is 0 Å². The second kappa shape index (κ2) is 14.3. The van der Waals surface area contributed by atoms with Crippen LogP contribution in [0.5, 0.6) is 0 Å². The summed E-state index contributed by atoms with van der Waals surface area (Å²) in [5.41, 5.74) is 14.9. The molecule has 0 amide bonds. The van der Waals surface area contributed by atoms with Crippen molar-refractivity contribution in [2.45, 2.75) is 0 Å². The molecule has 0 fully saturated rings. The van der Waals surface area contributed by atoms with Crippen molar-refractivity contribution >= 4 is 97.6 Å².